The summed E-state index contributed by atoms with van der Waals surface area (Å²) in [6.45, 7) is 1.19. The van der Waals surface area contributed by atoms with Crippen molar-refractivity contribution in [2.75, 3.05) is 13.1 Å². The highest BCUT2D eigenvalue weighted by molar-refractivity contribution is 6.21. The van der Waals surface area contributed by atoms with Crippen molar-refractivity contribution in [2.45, 2.75) is 17.8 Å². The van der Waals surface area contributed by atoms with Gasteiger partial charge in [0.1, 0.15) is 5.38 Å². The van der Waals surface area contributed by atoms with Gasteiger partial charge < -0.3 is 5.32 Å². The number of hydrogen-bond acceptors (Lipinski definition) is 3. The van der Waals surface area contributed by atoms with Crippen molar-refractivity contribution in [2.24, 2.45) is 0 Å². The van der Waals surface area contributed by atoms with Crippen LogP contribution in [0.15, 0.2) is 0 Å². The van der Waals surface area contributed by atoms with E-state index in [4.69, 9.17) is 11.6 Å². The Kier molecular flexibility index (Phi) is 2.45. The molecule has 1 saturated heterocycles. The minimum Gasteiger partial charge on any atom is -0.310 e. The van der Waals surface area contributed by atoms with Crippen LogP contribution in [0.5, 0.6) is 0 Å². The Balaban J connectivity index is 2.47. The second kappa shape index (κ2) is 3.16. The van der Waals surface area contributed by atoms with E-state index in [2.05, 4.69) is 5.32 Å². The quantitative estimate of drug-likeness (QED) is 0.343. The Hall–Kier alpha value is -0.350. The van der Waals surface area contributed by atoms with Gasteiger partial charge in [-0.05, 0) is 13.0 Å². The highest BCUT2D eigenvalue weighted by atomic mass is 35.5. The zero-order valence-electron chi connectivity index (χ0n) is 5.42. The Morgan fingerprint density at radius 3 is 2.80 bits per heavy atom. The lowest BCUT2D eigenvalue weighted by atomic mass is 10.1. The summed E-state index contributed by atoms with van der Waals surface area (Å²) in [5, 5.41) is 12.9. The fourth-order valence-corrected chi connectivity index (χ4v) is 1.31. The van der Waals surface area contributed by atoms with Gasteiger partial charge in [0.25, 0.3) is 0 Å². The lowest BCUT2D eigenvalue weighted by Crippen LogP contribution is -2.45. The minimum absolute atomic E-state index is 0.295. The summed E-state index contributed by atoms with van der Waals surface area (Å²) >= 11 is 5.70. The molecule has 0 bridgehead atoms. The van der Waals surface area contributed by atoms with Crippen molar-refractivity contribution in [1.82, 2.24) is 5.32 Å². The minimum atomic E-state index is -0.601. The Morgan fingerprint density at radius 2 is 2.40 bits per heavy atom. The SMILES string of the molecule is O=[N+]([O-])C1CNCCC1Cl. The van der Waals surface area contributed by atoms with E-state index in [-0.39, 0.29) is 10.3 Å². The maximum atomic E-state index is 10.2. The molecular weight excluding hydrogens is 156 g/mol. The Labute approximate surface area is 63.7 Å². The molecular formula is C5H9ClN2O2. The number of nitrogens with zero attached hydrogens (tertiary/aromatic N) is 1. The van der Waals surface area contributed by atoms with Gasteiger partial charge in [-0.15, -0.1) is 11.6 Å². The van der Waals surface area contributed by atoms with Gasteiger partial charge in [0, 0.05) is 4.92 Å². The molecule has 0 aromatic heterocycles. The van der Waals surface area contributed by atoms with Crippen LogP contribution < -0.4 is 5.32 Å². The summed E-state index contributed by atoms with van der Waals surface area (Å²) in [7, 11) is 0. The molecule has 0 amide bonds. The molecule has 0 saturated carbocycles. The van der Waals surface area contributed by atoms with Crippen LogP contribution in [0.25, 0.3) is 0 Å². The van der Waals surface area contributed by atoms with Gasteiger partial charge in [-0.25, -0.2) is 0 Å². The van der Waals surface area contributed by atoms with Crippen molar-refractivity contribution < 1.29 is 4.92 Å². The molecule has 0 aromatic carbocycles. The Morgan fingerprint density at radius 1 is 1.70 bits per heavy atom. The molecule has 0 spiro atoms. The molecule has 1 rings (SSSR count). The molecule has 1 heterocycles. The summed E-state index contributed by atoms with van der Waals surface area (Å²) in [5.41, 5.74) is 0. The molecule has 58 valence electrons. The number of nitrogens with one attached hydrogen (secondary N) is 1. The van der Waals surface area contributed by atoms with E-state index in [1.807, 2.05) is 0 Å². The molecule has 10 heavy (non-hydrogen) atoms. The Bertz CT molecular complexity index is 142. The third kappa shape index (κ3) is 1.58. The van der Waals surface area contributed by atoms with E-state index >= 15 is 0 Å². The summed E-state index contributed by atoms with van der Waals surface area (Å²) in [6, 6.07) is -0.601. The number of nitro groups is 1. The summed E-state index contributed by atoms with van der Waals surface area (Å²) in [6.07, 6.45) is 0.688. The van der Waals surface area contributed by atoms with Gasteiger partial charge in [-0.1, -0.05) is 0 Å². The van der Waals surface area contributed by atoms with E-state index in [1.54, 1.807) is 0 Å². The van der Waals surface area contributed by atoms with Crippen molar-refractivity contribution in [1.29, 1.82) is 0 Å². The first-order valence-corrected chi connectivity index (χ1v) is 3.63. The van der Waals surface area contributed by atoms with Crippen LogP contribution in [0, 0.1) is 10.1 Å². The van der Waals surface area contributed by atoms with Crippen LogP contribution in [0.3, 0.4) is 0 Å². The number of alkyl halides is 1. The number of halogens is 1. The normalized spacial score (nSPS) is 33.7. The summed E-state index contributed by atoms with van der Waals surface area (Å²) in [5.74, 6) is 0. The van der Waals surface area contributed by atoms with Crippen molar-refractivity contribution in [3.63, 3.8) is 0 Å². The number of hydrogen-bond donors (Lipinski definition) is 1. The maximum Gasteiger partial charge on any atom is 0.241 e. The average molecular weight is 165 g/mol. The first-order chi connectivity index (χ1) is 4.72. The van der Waals surface area contributed by atoms with Crippen LogP contribution >= 0.6 is 11.6 Å². The number of piperidine rings is 1. The molecule has 5 heteroatoms. The van der Waals surface area contributed by atoms with Gasteiger partial charge in [0.2, 0.25) is 6.04 Å². The van der Waals surface area contributed by atoms with Crippen molar-refractivity contribution >= 4 is 11.6 Å². The number of rotatable bonds is 1. The molecule has 1 aliphatic heterocycles. The summed E-state index contributed by atoms with van der Waals surface area (Å²) < 4.78 is 0. The second-order valence-corrected chi connectivity index (χ2v) is 2.92. The lowest BCUT2D eigenvalue weighted by Gasteiger charge is -2.20. The highest BCUT2D eigenvalue weighted by Gasteiger charge is 2.31. The van der Waals surface area contributed by atoms with E-state index < -0.39 is 6.04 Å². The van der Waals surface area contributed by atoms with Gasteiger partial charge in [0.15, 0.2) is 0 Å². The molecule has 1 aliphatic rings. The molecule has 4 nitrogen and oxygen atoms in total. The molecule has 0 aliphatic carbocycles. The van der Waals surface area contributed by atoms with Crippen LogP contribution in [0.1, 0.15) is 6.42 Å². The molecule has 2 unspecified atom stereocenters. The molecule has 2 atom stereocenters. The van der Waals surface area contributed by atoms with Crippen molar-refractivity contribution in [3.8, 4) is 0 Å². The standard InChI is InChI=1S/C5H9ClN2O2/c6-4-1-2-7-3-5(4)8(9)10/h4-5,7H,1-3H2. The first-order valence-electron chi connectivity index (χ1n) is 3.20. The summed E-state index contributed by atoms with van der Waals surface area (Å²) in [4.78, 5) is 9.93. The lowest BCUT2D eigenvalue weighted by molar-refractivity contribution is -0.521. The molecule has 1 fully saturated rings. The van der Waals surface area contributed by atoms with Crippen LogP contribution in [0.2, 0.25) is 0 Å². The predicted molar refractivity (Wildman–Crippen MR) is 37.9 cm³/mol. The van der Waals surface area contributed by atoms with E-state index in [0.29, 0.717) is 13.0 Å². The monoisotopic (exact) mass is 164 g/mol. The third-order valence-electron chi connectivity index (χ3n) is 1.64. The largest absolute Gasteiger partial charge is 0.310 e. The fraction of sp³-hybridized carbons (Fsp3) is 1.00. The average Bonchev–Trinajstić information content (AvgIpc) is 1.88. The van der Waals surface area contributed by atoms with Crippen LogP contribution in [-0.2, 0) is 0 Å². The topological polar surface area (TPSA) is 55.2 Å². The molecule has 1 N–H and O–H groups in total. The third-order valence-corrected chi connectivity index (χ3v) is 2.15. The van der Waals surface area contributed by atoms with Gasteiger partial charge in [-0.3, -0.25) is 10.1 Å². The van der Waals surface area contributed by atoms with E-state index in [0.717, 1.165) is 6.54 Å². The van der Waals surface area contributed by atoms with Crippen molar-refractivity contribution in [3.05, 3.63) is 10.1 Å². The predicted octanol–water partition coefficient (Wildman–Crippen LogP) is 0.232. The maximum absolute atomic E-state index is 10.2. The zero-order chi connectivity index (χ0) is 7.56. The smallest absolute Gasteiger partial charge is 0.241 e. The van der Waals surface area contributed by atoms with Crippen LogP contribution in [-0.4, -0.2) is 29.4 Å². The van der Waals surface area contributed by atoms with Gasteiger partial charge in [-0.2, -0.15) is 0 Å². The molecule has 0 radical (unpaired) electrons. The van der Waals surface area contributed by atoms with E-state index in [1.165, 1.54) is 0 Å². The van der Waals surface area contributed by atoms with E-state index in [9.17, 15) is 10.1 Å². The first kappa shape index (κ1) is 7.75. The highest BCUT2D eigenvalue weighted by Crippen LogP contribution is 2.12. The van der Waals surface area contributed by atoms with Gasteiger partial charge >= 0.3 is 0 Å². The fourth-order valence-electron chi connectivity index (χ4n) is 1.02. The zero-order valence-corrected chi connectivity index (χ0v) is 6.17. The molecule has 0 aromatic rings. The van der Waals surface area contributed by atoms with Gasteiger partial charge in [0.05, 0.1) is 6.54 Å². The second-order valence-electron chi connectivity index (χ2n) is 2.36. The van der Waals surface area contributed by atoms with Crippen LogP contribution in [0.4, 0.5) is 0 Å².